The van der Waals surface area contributed by atoms with Crippen molar-refractivity contribution in [1.29, 1.82) is 0 Å². The second-order valence-electron chi connectivity index (χ2n) is 6.85. The van der Waals surface area contributed by atoms with Crippen LogP contribution >= 0.6 is 0 Å². The highest BCUT2D eigenvalue weighted by molar-refractivity contribution is 7.92. The monoisotopic (exact) mass is 408 g/mol. The Kier molecular flexibility index (Phi) is 6.34. The normalized spacial score (nSPS) is 12.2. The van der Waals surface area contributed by atoms with Crippen molar-refractivity contribution in [1.82, 2.24) is 5.32 Å². The van der Waals surface area contributed by atoms with Gasteiger partial charge in [-0.15, -0.1) is 0 Å². The number of hydrogen-bond donors (Lipinski definition) is 1. The summed E-state index contributed by atoms with van der Waals surface area (Å²) in [7, 11) is -2.18. The first kappa shape index (κ1) is 20.6. The fourth-order valence-electron chi connectivity index (χ4n) is 2.96. The Hall–Kier alpha value is -3.12. The van der Waals surface area contributed by atoms with E-state index in [2.05, 4.69) is 5.32 Å². The first-order valence-corrected chi connectivity index (χ1v) is 10.8. The molecular formula is C23H24N2O3S. The SMILES string of the molecule is C[C@@H](CNC(=O)c1ccc(S(=O)(=O)N(C)c2ccccc2)cc1)c1ccccc1. The standard InChI is InChI=1S/C23H24N2O3S/c1-18(19-9-5-3-6-10-19)17-24-23(26)20-13-15-22(16-14-20)29(27,28)25(2)21-11-7-4-8-12-21/h3-16,18H,17H2,1-2H3,(H,24,26)/t18-/m0/s1. The molecule has 29 heavy (non-hydrogen) atoms. The molecular weight excluding hydrogens is 384 g/mol. The van der Waals surface area contributed by atoms with Crippen molar-refractivity contribution in [3.05, 3.63) is 96.1 Å². The molecule has 3 rings (SSSR count). The van der Waals surface area contributed by atoms with Crippen molar-refractivity contribution < 1.29 is 13.2 Å². The maximum Gasteiger partial charge on any atom is 0.264 e. The third-order valence-electron chi connectivity index (χ3n) is 4.83. The molecule has 0 spiro atoms. The molecule has 0 aliphatic rings. The quantitative estimate of drug-likeness (QED) is 0.641. The van der Waals surface area contributed by atoms with Gasteiger partial charge in [-0.25, -0.2) is 8.42 Å². The van der Waals surface area contributed by atoms with E-state index in [9.17, 15) is 13.2 Å². The van der Waals surface area contributed by atoms with Crippen LogP contribution in [0.5, 0.6) is 0 Å². The highest BCUT2D eigenvalue weighted by Gasteiger charge is 2.21. The number of sulfonamides is 1. The van der Waals surface area contributed by atoms with Crippen molar-refractivity contribution in [2.24, 2.45) is 0 Å². The van der Waals surface area contributed by atoms with E-state index in [1.165, 1.54) is 35.6 Å². The van der Waals surface area contributed by atoms with Crippen LogP contribution in [0.2, 0.25) is 0 Å². The first-order chi connectivity index (χ1) is 13.9. The van der Waals surface area contributed by atoms with Crippen LogP contribution in [0.15, 0.2) is 89.8 Å². The molecule has 0 heterocycles. The zero-order valence-electron chi connectivity index (χ0n) is 16.4. The number of hydrogen-bond acceptors (Lipinski definition) is 3. The van der Waals surface area contributed by atoms with E-state index in [0.29, 0.717) is 17.8 Å². The maximum absolute atomic E-state index is 12.8. The molecule has 0 bridgehead atoms. The van der Waals surface area contributed by atoms with Crippen molar-refractivity contribution in [3.8, 4) is 0 Å². The summed E-state index contributed by atoms with van der Waals surface area (Å²) in [6, 6.07) is 24.8. The molecule has 0 unspecified atom stereocenters. The lowest BCUT2D eigenvalue weighted by Crippen LogP contribution is -2.28. The van der Waals surface area contributed by atoms with Gasteiger partial charge in [0.05, 0.1) is 10.6 Å². The van der Waals surface area contributed by atoms with E-state index < -0.39 is 10.0 Å². The van der Waals surface area contributed by atoms with Crippen molar-refractivity contribution >= 4 is 21.6 Å². The van der Waals surface area contributed by atoms with Gasteiger partial charge in [-0.1, -0.05) is 55.5 Å². The van der Waals surface area contributed by atoms with Crippen LogP contribution in [0.3, 0.4) is 0 Å². The van der Waals surface area contributed by atoms with Gasteiger partial charge in [0.1, 0.15) is 0 Å². The Bertz CT molecular complexity index is 1050. The van der Waals surface area contributed by atoms with Gasteiger partial charge in [0.25, 0.3) is 15.9 Å². The molecule has 0 saturated carbocycles. The van der Waals surface area contributed by atoms with E-state index in [0.717, 1.165) is 5.56 Å². The second-order valence-corrected chi connectivity index (χ2v) is 8.82. The molecule has 150 valence electrons. The molecule has 1 amide bonds. The van der Waals surface area contributed by atoms with Gasteiger partial charge >= 0.3 is 0 Å². The van der Waals surface area contributed by atoms with Gasteiger partial charge in [0, 0.05) is 19.2 Å². The minimum absolute atomic E-state index is 0.137. The summed E-state index contributed by atoms with van der Waals surface area (Å²) in [5.74, 6) is -0.0486. The van der Waals surface area contributed by atoms with Gasteiger partial charge in [-0.3, -0.25) is 9.10 Å². The summed E-state index contributed by atoms with van der Waals surface area (Å²) in [4.78, 5) is 12.6. The van der Waals surface area contributed by atoms with E-state index in [4.69, 9.17) is 0 Å². The van der Waals surface area contributed by atoms with Gasteiger partial charge in [-0.2, -0.15) is 0 Å². The Morgan fingerprint density at radius 3 is 2.03 bits per heavy atom. The number of para-hydroxylation sites is 1. The van der Waals surface area contributed by atoms with Gasteiger partial charge in [0.2, 0.25) is 0 Å². The number of amides is 1. The lowest BCUT2D eigenvalue weighted by molar-refractivity contribution is 0.0951. The summed E-state index contributed by atoms with van der Waals surface area (Å²) >= 11 is 0. The molecule has 0 aliphatic carbocycles. The van der Waals surface area contributed by atoms with E-state index in [1.807, 2.05) is 43.3 Å². The van der Waals surface area contributed by atoms with E-state index >= 15 is 0 Å². The molecule has 0 fully saturated rings. The topological polar surface area (TPSA) is 66.5 Å². The summed E-state index contributed by atoms with van der Waals surface area (Å²) < 4.78 is 26.8. The zero-order valence-corrected chi connectivity index (χ0v) is 17.3. The first-order valence-electron chi connectivity index (χ1n) is 9.37. The van der Waals surface area contributed by atoms with Gasteiger partial charge < -0.3 is 5.32 Å². The summed E-state index contributed by atoms with van der Waals surface area (Å²) in [6.07, 6.45) is 0. The Morgan fingerprint density at radius 1 is 0.897 bits per heavy atom. The minimum atomic E-state index is -3.69. The zero-order chi connectivity index (χ0) is 20.9. The molecule has 0 radical (unpaired) electrons. The number of nitrogens with zero attached hydrogens (tertiary/aromatic N) is 1. The molecule has 0 aliphatic heterocycles. The smallest absolute Gasteiger partial charge is 0.264 e. The van der Waals surface area contributed by atoms with Crippen LogP contribution in [-0.2, 0) is 10.0 Å². The molecule has 3 aromatic rings. The van der Waals surface area contributed by atoms with Crippen LogP contribution in [-0.4, -0.2) is 27.9 Å². The van der Waals surface area contributed by atoms with Crippen molar-refractivity contribution in [3.63, 3.8) is 0 Å². The van der Waals surface area contributed by atoms with Crippen LogP contribution in [0.4, 0.5) is 5.69 Å². The van der Waals surface area contributed by atoms with Crippen molar-refractivity contribution in [2.75, 3.05) is 17.9 Å². The second kappa shape index (κ2) is 8.92. The molecule has 1 atom stereocenters. The van der Waals surface area contributed by atoms with Crippen LogP contribution in [0.1, 0.15) is 28.8 Å². The minimum Gasteiger partial charge on any atom is -0.351 e. The number of rotatable bonds is 7. The highest BCUT2D eigenvalue weighted by Crippen LogP contribution is 2.22. The Balaban J connectivity index is 1.67. The van der Waals surface area contributed by atoms with E-state index in [-0.39, 0.29) is 16.7 Å². The fourth-order valence-corrected chi connectivity index (χ4v) is 4.16. The molecule has 0 aromatic heterocycles. The Morgan fingerprint density at radius 2 is 1.45 bits per heavy atom. The molecule has 0 saturated heterocycles. The highest BCUT2D eigenvalue weighted by atomic mass is 32.2. The van der Waals surface area contributed by atoms with E-state index in [1.54, 1.807) is 24.3 Å². The van der Waals surface area contributed by atoms with Gasteiger partial charge in [0.15, 0.2) is 0 Å². The lowest BCUT2D eigenvalue weighted by Gasteiger charge is -2.19. The average Bonchev–Trinajstić information content (AvgIpc) is 2.78. The summed E-state index contributed by atoms with van der Waals surface area (Å²) in [6.45, 7) is 2.55. The largest absolute Gasteiger partial charge is 0.351 e. The van der Waals surface area contributed by atoms with Crippen LogP contribution in [0.25, 0.3) is 0 Å². The third kappa shape index (κ3) is 4.84. The van der Waals surface area contributed by atoms with Crippen molar-refractivity contribution in [2.45, 2.75) is 17.7 Å². The molecule has 1 N–H and O–H groups in total. The van der Waals surface area contributed by atoms with Crippen LogP contribution < -0.4 is 9.62 Å². The summed E-state index contributed by atoms with van der Waals surface area (Å²) in [5, 5.41) is 2.91. The number of carbonyl (C=O) groups excluding carboxylic acids is 1. The maximum atomic E-state index is 12.8. The predicted molar refractivity (Wildman–Crippen MR) is 116 cm³/mol. The fraction of sp³-hybridized carbons (Fsp3) is 0.174. The number of carbonyl (C=O) groups is 1. The number of anilines is 1. The third-order valence-corrected chi connectivity index (χ3v) is 6.63. The Labute approximate surface area is 172 Å². The summed E-state index contributed by atoms with van der Waals surface area (Å²) in [5.41, 5.74) is 2.15. The lowest BCUT2D eigenvalue weighted by atomic mass is 10.0. The van der Waals surface area contributed by atoms with Gasteiger partial charge in [-0.05, 0) is 47.9 Å². The number of benzene rings is 3. The molecule has 5 nitrogen and oxygen atoms in total. The molecule has 3 aromatic carbocycles. The predicted octanol–water partition coefficient (Wildman–Crippen LogP) is 4.05. The average molecular weight is 409 g/mol. The number of nitrogens with one attached hydrogen (secondary N) is 1. The molecule has 6 heteroatoms. The van der Waals surface area contributed by atoms with Crippen LogP contribution in [0, 0.1) is 0 Å².